The standard InChI is InChI=1S/C31H28Cl2N2O4/c1-20(38-28-7-3-5-24(32)18-28)30(36)34-26-13-9-22(10-14-26)17-23-11-15-27(16-12-23)35-31(37)21(2)39-29-8-4-6-25(33)19-29/h3-16,18-21H,17H2,1-2H3,(H,34,36)(H,35,37). The Morgan fingerprint density at radius 2 is 1.03 bits per heavy atom. The molecule has 0 heterocycles. The van der Waals surface area contributed by atoms with Crippen molar-refractivity contribution in [3.8, 4) is 11.5 Å². The quantitative estimate of drug-likeness (QED) is 0.211. The average Bonchev–Trinajstić information content (AvgIpc) is 2.91. The predicted molar refractivity (Wildman–Crippen MR) is 156 cm³/mol. The van der Waals surface area contributed by atoms with E-state index in [-0.39, 0.29) is 11.8 Å². The van der Waals surface area contributed by atoms with Gasteiger partial charge in [0.25, 0.3) is 11.8 Å². The van der Waals surface area contributed by atoms with Gasteiger partial charge in [-0.3, -0.25) is 9.59 Å². The molecule has 2 amide bonds. The maximum absolute atomic E-state index is 12.5. The van der Waals surface area contributed by atoms with Gasteiger partial charge in [-0.1, -0.05) is 59.6 Å². The number of amides is 2. The molecule has 200 valence electrons. The van der Waals surface area contributed by atoms with E-state index in [4.69, 9.17) is 32.7 Å². The lowest BCUT2D eigenvalue weighted by Gasteiger charge is -2.15. The van der Waals surface area contributed by atoms with Crippen LogP contribution in [0.2, 0.25) is 10.0 Å². The van der Waals surface area contributed by atoms with Crippen LogP contribution >= 0.6 is 23.2 Å². The predicted octanol–water partition coefficient (Wildman–Crippen LogP) is 7.40. The molecule has 4 aromatic rings. The lowest BCUT2D eigenvalue weighted by Crippen LogP contribution is -2.30. The number of nitrogens with one attached hydrogen (secondary N) is 2. The van der Waals surface area contributed by atoms with E-state index >= 15 is 0 Å². The second-order valence-electron chi connectivity index (χ2n) is 8.98. The fraction of sp³-hybridized carbons (Fsp3) is 0.161. The van der Waals surface area contributed by atoms with Crippen molar-refractivity contribution in [1.29, 1.82) is 0 Å². The van der Waals surface area contributed by atoms with Crippen LogP contribution in [0.5, 0.6) is 11.5 Å². The number of hydrogen-bond acceptors (Lipinski definition) is 4. The molecule has 2 unspecified atom stereocenters. The van der Waals surface area contributed by atoms with Gasteiger partial charge >= 0.3 is 0 Å². The molecule has 0 saturated heterocycles. The molecule has 8 heteroatoms. The Kier molecular flexibility index (Phi) is 9.47. The summed E-state index contributed by atoms with van der Waals surface area (Å²) in [5.41, 5.74) is 3.52. The number of carbonyl (C=O) groups is 2. The first kappa shape index (κ1) is 28.0. The Hall–Kier alpha value is -4.00. The van der Waals surface area contributed by atoms with Crippen LogP contribution in [-0.2, 0) is 16.0 Å². The van der Waals surface area contributed by atoms with Crippen molar-refractivity contribution in [1.82, 2.24) is 0 Å². The summed E-state index contributed by atoms with van der Waals surface area (Å²) in [5.74, 6) is 0.554. The highest BCUT2D eigenvalue weighted by molar-refractivity contribution is 6.31. The van der Waals surface area contributed by atoms with Gasteiger partial charge in [-0.05, 0) is 92.1 Å². The van der Waals surface area contributed by atoms with Gasteiger partial charge < -0.3 is 20.1 Å². The largest absolute Gasteiger partial charge is 0.481 e. The Bertz CT molecular complexity index is 1320. The van der Waals surface area contributed by atoms with Gasteiger partial charge in [-0.25, -0.2) is 0 Å². The summed E-state index contributed by atoms with van der Waals surface area (Å²) in [7, 11) is 0. The molecule has 2 atom stereocenters. The Balaban J connectivity index is 1.26. The average molecular weight is 563 g/mol. The molecule has 2 N–H and O–H groups in total. The molecule has 0 fully saturated rings. The first-order chi connectivity index (χ1) is 18.7. The van der Waals surface area contributed by atoms with Crippen molar-refractivity contribution in [2.24, 2.45) is 0 Å². The van der Waals surface area contributed by atoms with Gasteiger partial charge in [-0.15, -0.1) is 0 Å². The van der Waals surface area contributed by atoms with Gasteiger partial charge in [0.2, 0.25) is 0 Å². The molecule has 6 nitrogen and oxygen atoms in total. The zero-order valence-corrected chi connectivity index (χ0v) is 23.0. The van der Waals surface area contributed by atoms with Crippen molar-refractivity contribution in [2.45, 2.75) is 32.5 Å². The third kappa shape index (κ3) is 8.50. The highest BCUT2D eigenvalue weighted by Crippen LogP contribution is 2.21. The van der Waals surface area contributed by atoms with E-state index in [0.29, 0.717) is 39.3 Å². The van der Waals surface area contributed by atoms with E-state index < -0.39 is 12.2 Å². The maximum atomic E-state index is 12.5. The van der Waals surface area contributed by atoms with E-state index in [9.17, 15) is 9.59 Å². The van der Waals surface area contributed by atoms with Crippen LogP contribution < -0.4 is 20.1 Å². The number of hydrogen-bond donors (Lipinski definition) is 2. The summed E-state index contributed by atoms with van der Waals surface area (Å²) in [6.07, 6.45) is -0.674. The van der Waals surface area contributed by atoms with Crippen LogP contribution in [0.15, 0.2) is 97.1 Å². The second-order valence-corrected chi connectivity index (χ2v) is 9.86. The molecule has 39 heavy (non-hydrogen) atoms. The van der Waals surface area contributed by atoms with Crippen molar-refractivity contribution in [3.63, 3.8) is 0 Å². The minimum Gasteiger partial charge on any atom is -0.481 e. The summed E-state index contributed by atoms with van der Waals surface area (Å²) < 4.78 is 11.3. The number of benzene rings is 4. The molecule has 0 aliphatic carbocycles. The monoisotopic (exact) mass is 562 g/mol. The van der Waals surface area contributed by atoms with Gasteiger partial charge in [0.15, 0.2) is 12.2 Å². The van der Waals surface area contributed by atoms with Crippen molar-refractivity contribution in [3.05, 3.63) is 118 Å². The maximum Gasteiger partial charge on any atom is 0.265 e. The zero-order chi connectivity index (χ0) is 27.8. The summed E-state index contributed by atoms with van der Waals surface area (Å²) >= 11 is 11.9. The molecular formula is C31H28Cl2N2O4. The number of rotatable bonds is 10. The van der Waals surface area contributed by atoms with Crippen LogP contribution in [0.4, 0.5) is 11.4 Å². The Morgan fingerprint density at radius 3 is 1.38 bits per heavy atom. The lowest BCUT2D eigenvalue weighted by molar-refractivity contribution is -0.122. The normalized spacial score (nSPS) is 12.2. The van der Waals surface area contributed by atoms with Crippen LogP contribution in [0, 0.1) is 0 Å². The summed E-state index contributed by atoms with van der Waals surface area (Å²) in [6, 6.07) is 29.1. The topological polar surface area (TPSA) is 76.7 Å². The molecule has 0 spiro atoms. The summed E-state index contributed by atoms with van der Waals surface area (Å²) in [4.78, 5) is 25.0. The third-order valence-corrected chi connectivity index (χ3v) is 6.28. The fourth-order valence-corrected chi connectivity index (χ4v) is 4.09. The number of anilines is 2. The Morgan fingerprint density at radius 1 is 0.641 bits per heavy atom. The molecular weight excluding hydrogens is 535 g/mol. The van der Waals surface area contributed by atoms with E-state index in [2.05, 4.69) is 10.6 Å². The second kappa shape index (κ2) is 13.2. The summed E-state index contributed by atoms with van der Waals surface area (Å²) in [6.45, 7) is 3.37. The van der Waals surface area contributed by atoms with Crippen LogP contribution in [0.1, 0.15) is 25.0 Å². The van der Waals surface area contributed by atoms with Gasteiger partial charge in [0.05, 0.1) is 0 Å². The summed E-state index contributed by atoms with van der Waals surface area (Å²) in [5, 5.41) is 6.82. The zero-order valence-electron chi connectivity index (χ0n) is 21.5. The van der Waals surface area contributed by atoms with Crippen LogP contribution in [0.25, 0.3) is 0 Å². The smallest absolute Gasteiger partial charge is 0.265 e. The molecule has 0 aliphatic heterocycles. The van der Waals surface area contributed by atoms with E-state index in [1.807, 2.05) is 48.5 Å². The van der Waals surface area contributed by atoms with E-state index in [0.717, 1.165) is 11.1 Å². The van der Waals surface area contributed by atoms with Crippen molar-refractivity contribution in [2.75, 3.05) is 10.6 Å². The first-order valence-electron chi connectivity index (χ1n) is 12.4. The number of carbonyl (C=O) groups excluding carboxylic acids is 2. The minimum atomic E-state index is -0.687. The first-order valence-corrected chi connectivity index (χ1v) is 13.1. The van der Waals surface area contributed by atoms with Gasteiger partial charge in [0, 0.05) is 21.4 Å². The van der Waals surface area contributed by atoms with Gasteiger partial charge in [-0.2, -0.15) is 0 Å². The van der Waals surface area contributed by atoms with Crippen LogP contribution in [0.3, 0.4) is 0 Å². The third-order valence-electron chi connectivity index (χ3n) is 5.81. The van der Waals surface area contributed by atoms with Crippen molar-refractivity contribution < 1.29 is 19.1 Å². The molecule has 4 aromatic carbocycles. The molecule has 0 saturated carbocycles. The SMILES string of the molecule is CC(Oc1cccc(Cl)c1)C(=O)Nc1ccc(Cc2ccc(NC(=O)C(C)Oc3cccc(Cl)c3)cc2)cc1. The highest BCUT2D eigenvalue weighted by Gasteiger charge is 2.16. The Labute approximate surface area is 237 Å². The minimum absolute atomic E-state index is 0.257. The molecule has 0 aliphatic rings. The highest BCUT2D eigenvalue weighted by atomic mass is 35.5. The van der Waals surface area contributed by atoms with Gasteiger partial charge in [0.1, 0.15) is 11.5 Å². The van der Waals surface area contributed by atoms with Crippen molar-refractivity contribution >= 4 is 46.4 Å². The number of ether oxygens (including phenoxy) is 2. The molecule has 4 rings (SSSR count). The lowest BCUT2D eigenvalue weighted by atomic mass is 10.0. The number of halogens is 2. The fourth-order valence-electron chi connectivity index (χ4n) is 3.73. The van der Waals surface area contributed by atoms with E-state index in [1.54, 1.807) is 62.4 Å². The molecule has 0 bridgehead atoms. The molecule has 0 aromatic heterocycles. The molecule has 0 radical (unpaired) electrons. The van der Waals surface area contributed by atoms with Crippen LogP contribution in [-0.4, -0.2) is 24.0 Å². The van der Waals surface area contributed by atoms with E-state index in [1.165, 1.54) is 0 Å².